The highest BCUT2D eigenvalue weighted by Crippen LogP contribution is 2.28. The van der Waals surface area contributed by atoms with Gasteiger partial charge in [-0.05, 0) is 59.9 Å². The van der Waals surface area contributed by atoms with Gasteiger partial charge in [-0.3, -0.25) is 19.2 Å². The summed E-state index contributed by atoms with van der Waals surface area (Å²) in [6, 6.07) is 20.2. The Hall–Kier alpha value is -4.27. The number of likely N-dealkylation sites (tertiary alicyclic amines) is 1. The van der Waals surface area contributed by atoms with Gasteiger partial charge in [-0.25, -0.2) is 0 Å². The van der Waals surface area contributed by atoms with Crippen LogP contribution in [0.5, 0.6) is 0 Å². The molecule has 1 fully saturated rings. The highest BCUT2D eigenvalue weighted by Gasteiger charge is 2.33. The number of benzene rings is 2. The lowest BCUT2D eigenvalue weighted by atomic mass is 9.84. The van der Waals surface area contributed by atoms with Gasteiger partial charge in [0.25, 0.3) is 11.8 Å². The predicted octanol–water partition coefficient (Wildman–Crippen LogP) is 3.09. The van der Waals surface area contributed by atoms with Crippen LogP contribution in [0.25, 0.3) is 11.0 Å². The van der Waals surface area contributed by atoms with Crippen LogP contribution < -0.4 is 4.90 Å². The largest absolute Gasteiger partial charge is 0.359 e. The zero-order valence-corrected chi connectivity index (χ0v) is 20.0. The smallest absolute Gasteiger partial charge is 0.272 e. The average Bonchev–Trinajstić information content (AvgIpc) is 3.31. The number of carbonyl (C=O) groups excluding carboxylic acids is 2. The first-order valence-corrected chi connectivity index (χ1v) is 12.0. The molecule has 2 amide bonds. The van der Waals surface area contributed by atoms with E-state index in [4.69, 9.17) is 0 Å². The van der Waals surface area contributed by atoms with Gasteiger partial charge in [-0.1, -0.05) is 36.4 Å². The molecule has 184 valence electrons. The summed E-state index contributed by atoms with van der Waals surface area (Å²) in [6.07, 6.45) is 3.91. The summed E-state index contributed by atoms with van der Waals surface area (Å²) in [6.45, 7) is 1.16. The van der Waals surface area contributed by atoms with Crippen molar-refractivity contribution in [1.29, 1.82) is 0 Å². The Morgan fingerprint density at radius 2 is 1.86 bits per heavy atom. The van der Waals surface area contributed by atoms with Crippen LogP contribution in [0.3, 0.4) is 0 Å². The van der Waals surface area contributed by atoms with E-state index in [0.717, 1.165) is 19.3 Å². The molecule has 0 aliphatic carbocycles. The fourth-order valence-electron chi connectivity index (χ4n) is 4.97. The molecule has 3 heterocycles. The first-order chi connectivity index (χ1) is 17.5. The second kappa shape index (κ2) is 10.2. The number of likely N-dealkylation sites (N-methyl/N-ethyl adjacent to an activating group) is 1. The van der Waals surface area contributed by atoms with Gasteiger partial charge in [0, 0.05) is 49.2 Å². The molecule has 0 spiro atoms. The van der Waals surface area contributed by atoms with Crippen molar-refractivity contribution < 1.29 is 19.1 Å². The Labute approximate surface area is 208 Å². The maximum atomic E-state index is 13.2. The summed E-state index contributed by atoms with van der Waals surface area (Å²) in [4.78, 5) is 34.6. The number of rotatable bonds is 6. The molecule has 1 atom stereocenters. The molecule has 0 unspecified atom stereocenters. The molecule has 5 rings (SSSR count). The Kier molecular flexibility index (Phi) is 6.62. The van der Waals surface area contributed by atoms with E-state index in [2.05, 4.69) is 26.9 Å². The van der Waals surface area contributed by atoms with Crippen LogP contribution >= 0.6 is 0 Å². The van der Waals surface area contributed by atoms with Crippen LogP contribution in [-0.2, 0) is 6.42 Å². The standard InChI is InChI=1S/C27H27N5O4/c1-30(27(34)22-9-5-6-14-28-22)25(17-19-7-3-2-4-8-19)20-12-15-31(16-13-20)26(33)21-10-11-24-23(18-21)29-36-32(24)35/h2-11,14,18,20,25H,12-13,15-17H2,1H3/t25-/m1/s1. The number of amides is 2. The van der Waals surface area contributed by atoms with E-state index in [0.29, 0.717) is 34.8 Å². The minimum atomic E-state index is -0.105. The molecule has 2 aromatic heterocycles. The Balaban J connectivity index is 1.31. The van der Waals surface area contributed by atoms with Gasteiger partial charge in [0.15, 0.2) is 0 Å². The first kappa shape index (κ1) is 23.5. The average molecular weight is 486 g/mol. The molecule has 9 heteroatoms. The van der Waals surface area contributed by atoms with Gasteiger partial charge >= 0.3 is 0 Å². The Bertz CT molecular complexity index is 1350. The fraction of sp³-hybridized carbons (Fsp3) is 0.296. The number of pyridine rings is 1. The predicted molar refractivity (Wildman–Crippen MR) is 132 cm³/mol. The second-order valence-electron chi connectivity index (χ2n) is 9.15. The summed E-state index contributed by atoms with van der Waals surface area (Å²) >= 11 is 0. The lowest BCUT2D eigenvalue weighted by molar-refractivity contribution is -0.782. The molecule has 1 aliphatic heterocycles. The summed E-state index contributed by atoms with van der Waals surface area (Å²) in [7, 11) is 1.84. The monoisotopic (exact) mass is 485 g/mol. The van der Waals surface area contributed by atoms with E-state index < -0.39 is 0 Å². The Morgan fingerprint density at radius 1 is 1.11 bits per heavy atom. The first-order valence-electron chi connectivity index (χ1n) is 12.0. The number of carbonyl (C=O) groups is 2. The minimum absolute atomic E-state index is 0.0295. The molecule has 4 aromatic rings. The van der Waals surface area contributed by atoms with Crippen LogP contribution in [0, 0.1) is 11.1 Å². The number of hydrogen-bond donors (Lipinski definition) is 0. The van der Waals surface area contributed by atoms with Gasteiger partial charge in [0.2, 0.25) is 11.0 Å². The summed E-state index contributed by atoms with van der Waals surface area (Å²) in [5.41, 5.74) is 2.70. The molecule has 1 aliphatic rings. The van der Waals surface area contributed by atoms with Gasteiger partial charge in [-0.2, -0.15) is 0 Å². The van der Waals surface area contributed by atoms with E-state index in [9.17, 15) is 14.8 Å². The van der Waals surface area contributed by atoms with E-state index in [1.54, 1.807) is 36.5 Å². The fourth-order valence-corrected chi connectivity index (χ4v) is 4.97. The van der Waals surface area contributed by atoms with E-state index in [-0.39, 0.29) is 29.3 Å². The van der Waals surface area contributed by atoms with Crippen molar-refractivity contribution in [2.24, 2.45) is 5.92 Å². The maximum absolute atomic E-state index is 13.2. The normalized spacial score (nSPS) is 15.1. The van der Waals surface area contributed by atoms with Crippen molar-refractivity contribution in [3.8, 4) is 0 Å². The number of nitrogens with zero attached hydrogens (tertiary/aromatic N) is 5. The summed E-state index contributed by atoms with van der Waals surface area (Å²) in [5.74, 6) is 0.0178. The number of piperidine rings is 1. The van der Waals surface area contributed by atoms with Crippen molar-refractivity contribution in [3.05, 3.63) is 95.0 Å². The summed E-state index contributed by atoms with van der Waals surface area (Å²) < 4.78 is 4.61. The highest BCUT2D eigenvalue weighted by molar-refractivity contribution is 5.97. The summed E-state index contributed by atoms with van der Waals surface area (Å²) in [5, 5.41) is 15.3. The van der Waals surface area contributed by atoms with Crippen LogP contribution in [0.15, 0.2) is 77.6 Å². The van der Waals surface area contributed by atoms with Gasteiger partial charge in [-0.15, -0.1) is 0 Å². The third kappa shape index (κ3) is 4.77. The third-order valence-electron chi connectivity index (χ3n) is 6.99. The van der Waals surface area contributed by atoms with Crippen LogP contribution in [0.1, 0.15) is 39.3 Å². The van der Waals surface area contributed by atoms with Crippen molar-refractivity contribution in [1.82, 2.24) is 19.9 Å². The lowest BCUT2D eigenvalue weighted by Crippen LogP contribution is -2.48. The van der Waals surface area contributed by atoms with E-state index in [1.807, 2.05) is 41.1 Å². The highest BCUT2D eigenvalue weighted by atomic mass is 16.8. The van der Waals surface area contributed by atoms with Crippen molar-refractivity contribution >= 4 is 22.8 Å². The Morgan fingerprint density at radius 3 is 2.58 bits per heavy atom. The van der Waals surface area contributed by atoms with E-state index >= 15 is 0 Å². The van der Waals surface area contributed by atoms with Gasteiger partial charge in [0.1, 0.15) is 5.69 Å². The van der Waals surface area contributed by atoms with Crippen LogP contribution in [-0.4, -0.2) is 57.9 Å². The molecule has 0 N–H and O–H groups in total. The molecular weight excluding hydrogens is 458 g/mol. The maximum Gasteiger partial charge on any atom is 0.272 e. The quantitative estimate of drug-likeness (QED) is 0.389. The van der Waals surface area contributed by atoms with Crippen LogP contribution in [0.4, 0.5) is 0 Å². The molecule has 2 aromatic carbocycles. The van der Waals surface area contributed by atoms with Crippen molar-refractivity contribution in [2.75, 3.05) is 20.1 Å². The molecule has 0 radical (unpaired) electrons. The SMILES string of the molecule is CN(C(=O)c1ccccn1)[C@H](Cc1ccccc1)C1CCN(C(=O)c2ccc3c(c2)no[n+]3[O-])CC1. The van der Waals surface area contributed by atoms with Gasteiger partial charge < -0.3 is 15.0 Å². The molecule has 9 nitrogen and oxygen atoms in total. The molecule has 0 bridgehead atoms. The minimum Gasteiger partial charge on any atom is -0.359 e. The van der Waals surface area contributed by atoms with E-state index in [1.165, 1.54) is 5.56 Å². The molecule has 0 saturated carbocycles. The second-order valence-corrected chi connectivity index (χ2v) is 9.15. The molecule has 1 saturated heterocycles. The zero-order chi connectivity index (χ0) is 25.1. The van der Waals surface area contributed by atoms with Crippen LogP contribution in [0.2, 0.25) is 0 Å². The molecular formula is C27H27N5O4. The topological polar surface area (TPSA) is 106 Å². The molecule has 36 heavy (non-hydrogen) atoms. The van der Waals surface area contributed by atoms with Crippen molar-refractivity contribution in [2.45, 2.75) is 25.3 Å². The third-order valence-corrected chi connectivity index (χ3v) is 6.99. The lowest BCUT2D eigenvalue weighted by Gasteiger charge is -2.40. The van der Waals surface area contributed by atoms with Gasteiger partial charge in [0.05, 0.1) is 0 Å². The number of aromatic nitrogens is 3. The number of fused-ring (bicyclic) bond motifs is 1. The zero-order valence-electron chi connectivity index (χ0n) is 20.0. The van der Waals surface area contributed by atoms with Crippen molar-refractivity contribution in [3.63, 3.8) is 0 Å². The number of hydrogen-bond acceptors (Lipinski definition) is 6.